The molecule has 2 atom stereocenters. The Morgan fingerprint density at radius 1 is 1.29 bits per heavy atom. The average Bonchev–Trinajstić information content (AvgIpc) is 3.33. The number of aromatic nitrogens is 3. The number of carboxylic acid groups (broad SMARTS) is 1. The van der Waals surface area contributed by atoms with Gasteiger partial charge in [0.2, 0.25) is 0 Å². The van der Waals surface area contributed by atoms with Gasteiger partial charge >= 0.3 is 5.97 Å². The highest BCUT2D eigenvalue weighted by atomic mass is 35.5. The first kappa shape index (κ1) is 24.1. The number of benzene rings is 1. The van der Waals surface area contributed by atoms with Gasteiger partial charge < -0.3 is 10.4 Å². The normalized spacial score (nSPS) is 20.9. The van der Waals surface area contributed by atoms with E-state index in [2.05, 4.69) is 25.4 Å². The number of nitrogens with zero attached hydrogens (tertiary/aromatic N) is 3. The zero-order valence-corrected chi connectivity index (χ0v) is 19.4. The molecule has 0 spiro atoms. The van der Waals surface area contributed by atoms with Crippen molar-refractivity contribution < 1.29 is 18.7 Å². The van der Waals surface area contributed by atoms with Gasteiger partial charge in [0.15, 0.2) is 5.82 Å². The maximum Gasteiger partial charge on any atom is 0.310 e. The average molecular weight is 490 g/mol. The molecule has 34 heavy (non-hydrogen) atoms. The molecule has 0 radical (unpaired) electrons. The van der Waals surface area contributed by atoms with Gasteiger partial charge in [0, 0.05) is 36.8 Å². The summed E-state index contributed by atoms with van der Waals surface area (Å²) in [6, 6.07) is 9.24. The summed E-state index contributed by atoms with van der Waals surface area (Å²) in [4.78, 5) is 18.9. The lowest BCUT2D eigenvalue weighted by Crippen LogP contribution is -2.50. The van der Waals surface area contributed by atoms with Crippen LogP contribution >= 0.6 is 11.6 Å². The predicted molar refractivity (Wildman–Crippen MR) is 125 cm³/mol. The number of aliphatic carboxylic acids is 1. The fraction of sp³-hybridized carbons (Fsp3) is 0.375. The SMILES string of the molecule is CCC1CC(Cc2nc(Nc3cc[nH]n3)ccc2F)(C(=O)O)CCN1Cc1cccc(Cl)c1F. The molecule has 1 aromatic carbocycles. The standard InChI is InChI=1S/C24H26ClF2N5O2/c1-2-16-12-24(23(33)34,9-11-32(16)14-15-4-3-5-17(25)22(15)27)13-19-18(26)6-7-20(29-19)30-21-8-10-28-31-21/h3-8,10,16H,2,9,11-14H2,1H3,(H,33,34)(H2,28,29,30,31). The van der Waals surface area contributed by atoms with Crippen LogP contribution in [-0.2, 0) is 17.8 Å². The highest BCUT2D eigenvalue weighted by molar-refractivity contribution is 6.30. The van der Waals surface area contributed by atoms with Gasteiger partial charge in [-0.15, -0.1) is 0 Å². The number of piperidine rings is 1. The van der Waals surface area contributed by atoms with Gasteiger partial charge in [0.05, 0.1) is 16.1 Å². The van der Waals surface area contributed by atoms with Gasteiger partial charge in [0.1, 0.15) is 17.5 Å². The maximum atomic E-state index is 14.7. The Hall–Kier alpha value is -3.04. The minimum Gasteiger partial charge on any atom is -0.481 e. The second-order valence-electron chi connectivity index (χ2n) is 8.67. The van der Waals surface area contributed by atoms with E-state index in [0.29, 0.717) is 49.6 Å². The van der Waals surface area contributed by atoms with Crippen molar-refractivity contribution in [3.05, 3.63) is 70.5 Å². The van der Waals surface area contributed by atoms with E-state index in [4.69, 9.17) is 11.6 Å². The van der Waals surface area contributed by atoms with Crippen LogP contribution in [0.2, 0.25) is 5.02 Å². The third-order valence-corrected chi connectivity index (χ3v) is 6.82. The van der Waals surface area contributed by atoms with Crippen LogP contribution in [0.5, 0.6) is 0 Å². The van der Waals surface area contributed by atoms with Gasteiger partial charge in [-0.1, -0.05) is 30.7 Å². The monoisotopic (exact) mass is 489 g/mol. The molecule has 1 fully saturated rings. The maximum absolute atomic E-state index is 14.7. The van der Waals surface area contributed by atoms with Crippen molar-refractivity contribution in [2.75, 3.05) is 11.9 Å². The Labute approximate surface area is 201 Å². The Kier molecular flexibility index (Phi) is 7.13. The number of hydrogen-bond acceptors (Lipinski definition) is 5. The molecule has 3 N–H and O–H groups in total. The number of carboxylic acids is 1. The molecule has 0 bridgehead atoms. The van der Waals surface area contributed by atoms with E-state index in [1.807, 2.05) is 6.92 Å². The molecule has 10 heteroatoms. The van der Waals surface area contributed by atoms with Crippen LogP contribution in [0, 0.1) is 17.0 Å². The summed E-state index contributed by atoms with van der Waals surface area (Å²) in [6.45, 7) is 2.73. The fourth-order valence-corrected chi connectivity index (χ4v) is 4.81. The molecule has 1 aliphatic rings. The number of nitrogens with one attached hydrogen (secondary N) is 2. The summed E-state index contributed by atoms with van der Waals surface area (Å²) in [5.74, 6) is -1.09. The van der Waals surface area contributed by atoms with E-state index in [0.717, 1.165) is 0 Å². The molecular weight excluding hydrogens is 464 g/mol. The van der Waals surface area contributed by atoms with Gasteiger partial charge in [-0.3, -0.25) is 14.8 Å². The van der Waals surface area contributed by atoms with E-state index in [1.165, 1.54) is 18.2 Å². The molecule has 0 saturated carbocycles. The minimum atomic E-state index is -1.18. The summed E-state index contributed by atoms with van der Waals surface area (Å²) in [6.07, 6.45) is 2.87. The van der Waals surface area contributed by atoms with Crippen LogP contribution in [0.15, 0.2) is 42.6 Å². The molecule has 2 aromatic heterocycles. The molecule has 180 valence electrons. The van der Waals surface area contributed by atoms with E-state index < -0.39 is 23.0 Å². The van der Waals surface area contributed by atoms with Crippen LogP contribution in [-0.4, -0.2) is 43.7 Å². The number of rotatable bonds is 8. The first-order valence-electron chi connectivity index (χ1n) is 11.1. The van der Waals surface area contributed by atoms with E-state index in [9.17, 15) is 18.7 Å². The van der Waals surface area contributed by atoms with Gasteiger partial charge in [0.25, 0.3) is 0 Å². The van der Waals surface area contributed by atoms with Crippen LogP contribution in [0.1, 0.15) is 37.4 Å². The van der Waals surface area contributed by atoms with Crippen LogP contribution < -0.4 is 5.32 Å². The lowest BCUT2D eigenvalue weighted by molar-refractivity contribution is -0.154. The van der Waals surface area contributed by atoms with Crippen molar-refractivity contribution in [3.8, 4) is 0 Å². The lowest BCUT2D eigenvalue weighted by Gasteiger charge is -2.44. The van der Waals surface area contributed by atoms with Crippen molar-refractivity contribution in [1.29, 1.82) is 0 Å². The Balaban J connectivity index is 1.55. The van der Waals surface area contributed by atoms with E-state index in [1.54, 1.807) is 24.4 Å². The third kappa shape index (κ3) is 5.05. The molecule has 2 unspecified atom stereocenters. The Bertz CT molecular complexity index is 1160. The first-order valence-corrected chi connectivity index (χ1v) is 11.5. The van der Waals surface area contributed by atoms with Gasteiger partial charge in [-0.2, -0.15) is 5.10 Å². The van der Waals surface area contributed by atoms with Crippen LogP contribution in [0.3, 0.4) is 0 Å². The predicted octanol–water partition coefficient (Wildman–Crippen LogP) is 5.17. The third-order valence-electron chi connectivity index (χ3n) is 6.53. The molecule has 3 aromatic rings. The first-order chi connectivity index (χ1) is 16.3. The topological polar surface area (TPSA) is 94.1 Å². The van der Waals surface area contributed by atoms with Crippen molar-refractivity contribution in [2.24, 2.45) is 5.41 Å². The number of likely N-dealkylation sites (tertiary alicyclic amines) is 1. The zero-order valence-electron chi connectivity index (χ0n) is 18.7. The number of carbonyl (C=O) groups is 1. The van der Waals surface area contributed by atoms with E-state index >= 15 is 0 Å². The Morgan fingerprint density at radius 3 is 2.82 bits per heavy atom. The van der Waals surface area contributed by atoms with Crippen molar-refractivity contribution in [2.45, 2.75) is 45.2 Å². The smallest absolute Gasteiger partial charge is 0.310 e. The number of aromatic amines is 1. The molecule has 1 saturated heterocycles. The number of hydrogen-bond donors (Lipinski definition) is 3. The molecule has 3 heterocycles. The summed E-state index contributed by atoms with van der Waals surface area (Å²) < 4.78 is 29.2. The second kappa shape index (κ2) is 10.1. The highest BCUT2D eigenvalue weighted by Gasteiger charge is 2.46. The summed E-state index contributed by atoms with van der Waals surface area (Å²) >= 11 is 5.93. The Morgan fingerprint density at radius 2 is 2.12 bits per heavy atom. The highest BCUT2D eigenvalue weighted by Crippen LogP contribution is 2.40. The van der Waals surface area contributed by atoms with Crippen molar-refractivity contribution in [1.82, 2.24) is 20.1 Å². The number of H-pyrrole nitrogens is 1. The largest absolute Gasteiger partial charge is 0.481 e. The fourth-order valence-electron chi connectivity index (χ4n) is 4.61. The lowest BCUT2D eigenvalue weighted by atomic mass is 9.71. The quantitative estimate of drug-likeness (QED) is 0.404. The van der Waals surface area contributed by atoms with Crippen molar-refractivity contribution in [3.63, 3.8) is 0 Å². The number of pyridine rings is 1. The molecule has 1 aliphatic heterocycles. The molecular formula is C24H26ClF2N5O2. The van der Waals surface area contributed by atoms with Gasteiger partial charge in [-0.05, 0) is 44.0 Å². The molecule has 7 nitrogen and oxygen atoms in total. The van der Waals surface area contributed by atoms with Crippen LogP contribution in [0.4, 0.5) is 20.4 Å². The van der Waals surface area contributed by atoms with Crippen molar-refractivity contribution >= 4 is 29.2 Å². The number of anilines is 2. The summed E-state index contributed by atoms with van der Waals surface area (Å²) in [5, 5.41) is 19.9. The van der Waals surface area contributed by atoms with E-state index in [-0.39, 0.29) is 23.2 Å². The second-order valence-corrected chi connectivity index (χ2v) is 9.08. The molecule has 0 aliphatic carbocycles. The van der Waals surface area contributed by atoms with Crippen LogP contribution in [0.25, 0.3) is 0 Å². The zero-order chi connectivity index (χ0) is 24.3. The number of halogens is 3. The summed E-state index contributed by atoms with van der Waals surface area (Å²) in [7, 11) is 0. The minimum absolute atomic E-state index is 0.0415. The summed E-state index contributed by atoms with van der Waals surface area (Å²) in [5.41, 5.74) is -0.617. The molecule has 0 amide bonds. The van der Waals surface area contributed by atoms with Gasteiger partial charge in [-0.25, -0.2) is 13.8 Å². The molecule has 4 rings (SSSR count).